The molecule has 0 radical (unpaired) electrons. The Kier molecular flexibility index (Phi) is 5.43. The number of rotatable bonds is 6. The molecule has 0 bridgehead atoms. The predicted molar refractivity (Wildman–Crippen MR) is 103 cm³/mol. The molecule has 1 aliphatic heterocycles. The fourth-order valence-electron chi connectivity index (χ4n) is 3.16. The minimum Gasteiger partial charge on any atom is -0.407 e. The van der Waals surface area contributed by atoms with Crippen LogP contribution in [-0.4, -0.2) is 41.4 Å². The summed E-state index contributed by atoms with van der Waals surface area (Å²) < 4.78 is 45.4. The largest absolute Gasteiger partial charge is 0.407 e. The Morgan fingerprint density at radius 3 is 2.79 bits per heavy atom. The van der Waals surface area contributed by atoms with Crippen LogP contribution in [0, 0.1) is 5.82 Å². The Balaban J connectivity index is 1.46. The van der Waals surface area contributed by atoms with Gasteiger partial charge in [0.1, 0.15) is 11.9 Å². The van der Waals surface area contributed by atoms with Gasteiger partial charge in [0.05, 0.1) is 11.3 Å². The van der Waals surface area contributed by atoms with Gasteiger partial charge in [-0.15, -0.1) is 16.4 Å². The highest BCUT2D eigenvalue weighted by molar-refractivity contribution is 7.89. The molecule has 29 heavy (non-hydrogen) atoms. The van der Waals surface area contributed by atoms with Crippen LogP contribution >= 0.6 is 11.3 Å². The van der Waals surface area contributed by atoms with Gasteiger partial charge in [0, 0.05) is 11.4 Å². The second-order valence-electron chi connectivity index (χ2n) is 6.47. The maximum absolute atomic E-state index is 13.1. The molecule has 152 valence electrons. The number of carbonyl (C=O) groups is 1. The number of hydrogen-bond acceptors (Lipinski definition) is 7. The van der Waals surface area contributed by atoms with Crippen LogP contribution in [0.3, 0.4) is 0 Å². The van der Waals surface area contributed by atoms with Crippen molar-refractivity contribution < 1.29 is 22.0 Å². The van der Waals surface area contributed by atoms with E-state index in [9.17, 15) is 17.6 Å². The van der Waals surface area contributed by atoms with E-state index in [1.165, 1.54) is 12.1 Å². The van der Waals surface area contributed by atoms with E-state index in [2.05, 4.69) is 15.5 Å². The number of nitrogens with one attached hydrogen (secondary N) is 1. The molecule has 0 spiro atoms. The first-order valence-corrected chi connectivity index (χ1v) is 11.2. The lowest BCUT2D eigenvalue weighted by Gasteiger charge is -2.22. The number of sulfonamides is 1. The molecule has 11 heteroatoms. The minimum atomic E-state index is -3.93. The Hall–Kier alpha value is -2.63. The second kappa shape index (κ2) is 8.01. The van der Waals surface area contributed by atoms with Crippen LogP contribution in [0.25, 0.3) is 0 Å². The van der Waals surface area contributed by atoms with Crippen molar-refractivity contribution in [2.45, 2.75) is 30.2 Å². The molecule has 1 saturated heterocycles. The van der Waals surface area contributed by atoms with Crippen LogP contribution < -0.4 is 5.32 Å². The highest BCUT2D eigenvalue weighted by Gasteiger charge is 2.39. The maximum Gasteiger partial charge on any atom is 0.322 e. The molecule has 4 rings (SSSR count). The van der Waals surface area contributed by atoms with Crippen molar-refractivity contribution in [3.05, 3.63) is 58.4 Å². The Bertz CT molecular complexity index is 1100. The number of carbonyl (C=O) groups excluding carboxylic acids is 1. The molecule has 0 saturated carbocycles. The van der Waals surface area contributed by atoms with E-state index in [0.29, 0.717) is 25.2 Å². The van der Waals surface area contributed by atoms with Gasteiger partial charge in [0.15, 0.2) is 0 Å². The van der Waals surface area contributed by atoms with Crippen LogP contribution in [0.4, 0.5) is 10.4 Å². The number of anilines is 1. The highest BCUT2D eigenvalue weighted by Crippen LogP contribution is 2.27. The minimum absolute atomic E-state index is 0.0605. The van der Waals surface area contributed by atoms with Gasteiger partial charge >= 0.3 is 6.01 Å². The number of amides is 1. The first-order chi connectivity index (χ1) is 13.9. The van der Waals surface area contributed by atoms with E-state index >= 15 is 0 Å². The summed E-state index contributed by atoms with van der Waals surface area (Å²) in [6, 6.07) is 7.39. The monoisotopic (exact) mass is 436 g/mol. The second-order valence-corrected chi connectivity index (χ2v) is 9.40. The summed E-state index contributed by atoms with van der Waals surface area (Å²) in [5.74, 6) is -0.723. The Morgan fingerprint density at radius 1 is 1.28 bits per heavy atom. The van der Waals surface area contributed by atoms with Gasteiger partial charge in [-0.05, 0) is 48.6 Å². The van der Waals surface area contributed by atoms with E-state index in [-0.39, 0.29) is 17.5 Å². The van der Waals surface area contributed by atoms with Crippen LogP contribution in [0.5, 0.6) is 0 Å². The zero-order valence-corrected chi connectivity index (χ0v) is 16.7. The number of thiophene rings is 1. The summed E-state index contributed by atoms with van der Waals surface area (Å²) >= 11 is 1.55. The van der Waals surface area contributed by atoms with E-state index in [1.54, 1.807) is 11.3 Å². The molecule has 3 aromatic rings. The molecule has 1 N–H and O–H groups in total. The zero-order valence-electron chi connectivity index (χ0n) is 15.1. The average Bonchev–Trinajstić information content (AvgIpc) is 3.44. The van der Waals surface area contributed by atoms with Crippen molar-refractivity contribution in [1.29, 1.82) is 0 Å². The maximum atomic E-state index is 13.1. The first-order valence-electron chi connectivity index (χ1n) is 8.86. The number of aromatic nitrogens is 2. The Morgan fingerprint density at radius 2 is 2.07 bits per heavy atom. The Labute approximate surface area is 170 Å². The number of halogens is 1. The topological polar surface area (TPSA) is 105 Å². The fraction of sp³-hybridized carbons (Fsp3) is 0.278. The highest BCUT2D eigenvalue weighted by atomic mass is 32.2. The molecule has 3 heterocycles. The van der Waals surface area contributed by atoms with E-state index < -0.39 is 27.8 Å². The normalized spacial score (nSPS) is 17.5. The number of benzene rings is 1. The van der Waals surface area contributed by atoms with E-state index in [4.69, 9.17) is 4.42 Å². The molecule has 1 aliphatic rings. The summed E-state index contributed by atoms with van der Waals surface area (Å²) in [5, 5.41) is 12.2. The molecular formula is C18H17FN4O4S2. The lowest BCUT2D eigenvalue weighted by atomic mass is 10.2. The molecule has 2 aromatic heterocycles. The van der Waals surface area contributed by atoms with Crippen LogP contribution in [0.15, 0.2) is 51.1 Å². The quantitative estimate of drug-likeness (QED) is 0.637. The SMILES string of the molecule is O=C(Nc1nnc(Cc2cccs2)o1)[C@@H]1CCCN1S(=O)(=O)c1ccc(F)cc1. The molecule has 0 unspecified atom stereocenters. The van der Waals surface area contributed by atoms with Gasteiger partial charge < -0.3 is 4.42 Å². The van der Waals surface area contributed by atoms with Crippen molar-refractivity contribution in [3.8, 4) is 0 Å². The predicted octanol–water partition coefficient (Wildman–Crippen LogP) is 2.65. The van der Waals surface area contributed by atoms with Crippen LogP contribution in [0.1, 0.15) is 23.6 Å². The number of hydrogen-bond donors (Lipinski definition) is 1. The standard InChI is InChI=1S/C18H17FN4O4S2/c19-12-5-7-14(8-6-12)29(25,26)23-9-1-4-15(23)17(24)20-18-22-21-16(27-18)11-13-3-2-10-28-13/h2-3,5-8,10,15H,1,4,9,11H2,(H,20,22,24)/t15-/m0/s1. The zero-order chi connectivity index (χ0) is 20.4. The van der Waals surface area contributed by atoms with Gasteiger partial charge in [-0.1, -0.05) is 11.2 Å². The molecule has 1 aromatic carbocycles. The average molecular weight is 436 g/mol. The van der Waals surface area contributed by atoms with Crippen molar-refractivity contribution >= 4 is 33.3 Å². The van der Waals surface area contributed by atoms with Crippen molar-refractivity contribution in [2.75, 3.05) is 11.9 Å². The summed E-state index contributed by atoms with van der Waals surface area (Å²) in [5.41, 5.74) is 0. The van der Waals surface area contributed by atoms with Gasteiger partial charge in [-0.3, -0.25) is 10.1 Å². The summed E-state index contributed by atoms with van der Waals surface area (Å²) in [6.45, 7) is 0.200. The fourth-order valence-corrected chi connectivity index (χ4v) is 5.51. The smallest absolute Gasteiger partial charge is 0.322 e. The molecular weight excluding hydrogens is 419 g/mol. The van der Waals surface area contributed by atoms with Gasteiger partial charge in [0.25, 0.3) is 0 Å². The number of nitrogens with zero attached hydrogens (tertiary/aromatic N) is 3. The lowest BCUT2D eigenvalue weighted by Crippen LogP contribution is -2.43. The third-order valence-electron chi connectivity index (χ3n) is 4.53. The van der Waals surface area contributed by atoms with Gasteiger partial charge in [-0.2, -0.15) is 4.31 Å². The summed E-state index contributed by atoms with van der Waals surface area (Å²) in [7, 11) is -3.93. The van der Waals surface area contributed by atoms with Crippen molar-refractivity contribution in [2.24, 2.45) is 0 Å². The van der Waals surface area contributed by atoms with Gasteiger partial charge in [-0.25, -0.2) is 12.8 Å². The van der Waals surface area contributed by atoms with Gasteiger partial charge in [0.2, 0.25) is 21.8 Å². The molecule has 1 amide bonds. The molecule has 0 aliphatic carbocycles. The van der Waals surface area contributed by atoms with Crippen molar-refractivity contribution in [3.63, 3.8) is 0 Å². The van der Waals surface area contributed by atoms with E-state index in [1.807, 2.05) is 17.5 Å². The third kappa shape index (κ3) is 4.21. The third-order valence-corrected chi connectivity index (χ3v) is 7.33. The van der Waals surface area contributed by atoms with Crippen LogP contribution in [0.2, 0.25) is 0 Å². The molecule has 1 fully saturated rings. The van der Waals surface area contributed by atoms with E-state index in [0.717, 1.165) is 21.3 Å². The summed E-state index contributed by atoms with van der Waals surface area (Å²) in [6.07, 6.45) is 1.35. The summed E-state index contributed by atoms with van der Waals surface area (Å²) in [4.78, 5) is 13.7. The lowest BCUT2D eigenvalue weighted by molar-refractivity contribution is -0.119. The molecule has 8 nitrogen and oxygen atoms in total. The first kappa shape index (κ1) is 19.7. The van der Waals surface area contributed by atoms with Crippen LogP contribution in [-0.2, 0) is 21.2 Å². The molecule has 1 atom stereocenters. The van der Waals surface area contributed by atoms with Crippen molar-refractivity contribution in [1.82, 2.24) is 14.5 Å².